The Morgan fingerprint density at radius 2 is 1.47 bits per heavy atom. The standard InChI is InChI=1S/C32H61N5O8S2/c1-4-15-37(16-5-2)32(41)26-18-25(19-28(20-26)47(33,44)45)31(40)34-29(17-23-11-13-27(38)14-12-23)30(39)21-36(3)35-46(42,43)22-24-9-7-6-8-10-24/h23-30,35,38-39H,4-22H2,1-3H3,(H,34,40)(H2,33,44,45). The highest BCUT2D eigenvalue weighted by molar-refractivity contribution is 7.89. The average Bonchev–Trinajstić information content (AvgIpc) is 3.00. The van der Waals surface area contributed by atoms with E-state index < -0.39 is 55.2 Å². The van der Waals surface area contributed by atoms with Crippen molar-refractivity contribution in [3.8, 4) is 0 Å². The highest BCUT2D eigenvalue weighted by atomic mass is 32.2. The van der Waals surface area contributed by atoms with Crippen molar-refractivity contribution in [1.29, 1.82) is 0 Å². The molecule has 3 aliphatic rings. The van der Waals surface area contributed by atoms with E-state index >= 15 is 0 Å². The highest BCUT2D eigenvalue weighted by Gasteiger charge is 2.42. The zero-order valence-corrected chi connectivity index (χ0v) is 30.3. The van der Waals surface area contributed by atoms with Gasteiger partial charge in [0.25, 0.3) is 0 Å². The SMILES string of the molecule is CCCN(CCC)C(=O)C1CC(C(=O)NC(CC2CCC(O)CC2)C(O)CN(C)NS(=O)(=O)CC2CCCCC2)CC(S(N)(=O)=O)C1. The number of hydrogen-bond acceptors (Lipinski definition) is 9. The van der Waals surface area contributed by atoms with Crippen molar-refractivity contribution in [3.63, 3.8) is 0 Å². The van der Waals surface area contributed by atoms with Crippen LogP contribution in [0.2, 0.25) is 0 Å². The van der Waals surface area contributed by atoms with Gasteiger partial charge in [-0.15, -0.1) is 4.83 Å². The van der Waals surface area contributed by atoms with Crippen molar-refractivity contribution in [2.24, 2.45) is 28.8 Å². The van der Waals surface area contributed by atoms with Crippen LogP contribution in [-0.2, 0) is 29.6 Å². The molecule has 0 aromatic heterocycles. The molecular formula is C32H61N5O8S2. The van der Waals surface area contributed by atoms with Gasteiger partial charge in [-0.1, -0.05) is 33.1 Å². The Balaban J connectivity index is 1.74. The van der Waals surface area contributed by atoms with Crippen LogP contribution in [0.25, 0.3) is 0 Å². The summed E-state index contributed by atoms with van der Waals surface area (Å²) < 4.78 is 50.9. The number of amides is 2. The molecule has 274 valence electrons. The summed E-state index contributed by atoms with van der Waals surface area (Å²) in [5.41, 5.74) is 0. The summed E-state index contributed by atoms with van der Waals surface area (Å²) in [4.78, 5) is 31.7. The van der Waals surface area contributed by atoms with E-state index in [0.29, 0.717) is 32.4 Å². The van der Waals surface area contributed by atoms with E-state index in [0.717, 1.165) is 57.8 Å². The molecule has 5 atom stereocenters. The predicted octanol–water partition coefficient (Wildman–Crippen LogP) is 1.84. The molecule has 3 saturated carbocycles. The topological polar surface area (TPSA) is 199 Å². The molecule has 3 rings (SSSR count). The molecular weight excluding hydrogens is 647 g/mol. The van der Waals surface area contributed by atoms with Gasteiger partial charge < -0.3 is 20.4 Å². The summed E-state index contributed by atoms with van der Waals surface area (Å²) >= 11 is 0. The van der Waals surface area contributed by atoms with Gasteiger partial charge in [-0.05, 0) is 88.9 Å². The number of hydrazine groups is 1. The zero-order valence-electron chi connectivity index (χ0n) is 28.7. The molecule has 15 heteroatoms. The smallest absolute Gasteiger partial charge is 0.225 e. The number of carbonyl (C=O) groups excluding carboxylic acids is 2. The van der Waals surface area contributed by atoms with Crippen molar-refractivity contribution in [3.05, 3.63) is 0 Å². The monoisotopic (exact) mass is 707 g/mol. The van der Waals surface area contributed by atoms with E-state index in [-0.39, 0.29) is 55.4 Å². The van der Waals surface area contributed by atoms with E-state index in [1.807, 2.05) is 13.8 Å². The number of rotatable bonds is 17. The lowest BCUT2D eigenvalue weighted by Gasteiger charge is -2.37. The van der Waals surface area contributed by atoms with E-state index in [1.54, 1.807) is 11.9 Å². The number of carbonyl (C=O) groups is 2. The molecule has 47 heavy (non-hydrogen) atoms. The molecule has 6 N–H and O–H groups in total. The Kier molecular flexibility index (Phi) is 15.8. The normalized spacial score (nSPS) is 27.7. The lowest BCUT2D eigenvalue weighted by Crippen LogP contribution is -2.54. The number of hydrogen-bond donors (Lipinski definition) is 5. The zero-order chi connectivity index (χ0) is 34.8. The van der Waals surface area contributed by atoms with Crippen LogP contribution in [-0.4, -0.2) is 105 Å². The van der Waals surface area contributed by atoms with Crippen molar-refractivity contribution >= 4 is 31.9 Å². The molecule has 13 nitrogen and oxygen atoms in total. The van der Waals surface area contributed by atoms with Gasteiger partial charge in [0.15, 0.2) is 0 Å². The van der Waals surface area contributed by atoms with Crippen LogP contribution in [0.5, 0.6) is 0 Å². The maximum Gasteiger partial charge on any atom is 0.225 e. The molecule has 3 fully saturated rings. The highest BCUT2D eigenvalue weighted by Crippen LogP contribution is 2.35. The van der Waals surface area contributed by atoms with E-state index in [1.165, 1.54) is 5.01 Å². The summed E-state index contributed by atoms with van der Waals surface area (Å²) in [5, 5.41) is 30.3. The van der Waals surface area contributed by atoms with Crippen molar-refractivity contribution < 1.29 is 36.6 Å². The second-order valence-corrected chi connectivity index (χ2v) is 18.1. The molecule has 5 unspecified atom stereocenters. The molecule has 0 aliphatic heterocycles. The van der Waals surface area contributed by atoms with Crippen LogP contribution in [0.3, 0.4) is 0 Å². The Morgan fingerprint density at radius 3 is 2.04 bits per heavy atom. The van der Waals surface area contributed by atoms with E-state index in [4.69, 9.17) is 5.14 Å². The average molecular weight is 708 g/mol. The Morgan fingerprint density at radius 1 is 0.872 bits per heavy atom. The molecule has 0 heterocycles. The molecule has 0 saturated heterocycles. The van der Waals surface area contributed by atoms with Gasteiger partial charge in [0, 0.05) is 38.5 Å². The molecule has 0 radical (unpaired) electrons. The third kappa shape index (κ3) is 13.1. The third-order valence-corrected chi connectivity index (χ3v) is 13.1. The fraction of sp³-hybridized carbons (Fsp3) is 0.938. The predicted molar refractivity (Wildman–Crippen MR) is 182 cm³/mol. The van der Waals surface area contributed by atoms with Gasteiger partial charge >= 0.3 is 0 Å². The first-order valence-electron chi connectivity index (χ1n) is 17.8. The van der Waals surface area contributed by atoms with Crippen molar-refractivity contribution in [2.75, 3.05) is 32.4 Å². The molecule has 0 bridgehead atoms. The summed E-state index contributed by atoms with van der Waals surface area (Å²) in [6, 6.07) is -0.756. The first-order chi connectivity index (χ1) is 22.1. The maximum absolute atomic E-state index is 13.9. The minimum atomic E-state index is -4.02. The molecule has 0 spiro atoms. The number of nitrogens with zero attached hydrogens (tertiary/aromatic N) is 2. The lowest BCUT2D eigenvalue weighted by atomic mass is 9.79. The fourth-order valence-corrected chi connectivity index (χ4v) is 10.4. The number of nitrogens with one attached hydrogen (secondary N) is 2. The van der Waals surface area contributed by atoms with E-state index in [9.17, 15) is 36.6 Å². The number of aliphatic hydroxyl groups excluding tert-OH is 2. The maximum atomic E-state index is 13.9. The van der Waals surface area contributed by atoms with Gasteiger partial charge in [0.1, 0.15) is 0 Å². The number of nitrogens with two attached hydrogens (primary N) is 1. The summed E-state index contributed by atoms with van der Waals surface area (Å²) in [6.45, 7) is 4.94. The Hall–Kier alpha value is -1.36. The molecule has 0 aromatic carbocycles. The van der Waals surface area contributed by atoms with Crippen LogP contribution >= 0.6 is 0 Å². The largest absolute Gasteiger partial charge is 0.393 e. The molecule has 0 aromatic rings. The fourth-order valence-electron chi connectivity index (χ4n) is 7.82. The first kappa shape index (κ1) is 40.1. The second-order valence-electron chi connectivity index (χ2n) is 14.5. The van der Waals surface area contributed by atoms with Crippen LogP contribution in [0, 0.1) is 23.7 Å². The quantitative estimate of drug-likeness (QED) is 0.140. The summed E-state index contributed by atoms with van der Waals surface area (Å²) in [6.07, 6.45) is 8.26. The Bertz CT molecular complexity index is 1200. The van der Waals surface area contributed by atoms with Crippen LogP contribution in [0.4, 0.5) is 0 Å². The van der Waals surface area contributed by atoms with Crippen molar-refractivity contribution in [1.82, 2.24) is 20.1 Å². The van der Waals surface area contributed by atoms with Gasteiger partial charge in [-0.3, -0.25) is 9.59 Å². The van der Waals surface area contributed by atoms with Gasteiger partial charge in [-0.2, -0.15) is 0 Å². The second kappa shape index (κ2) is 18.6. The Labute approximate surface area is 282 Å². The number of aliphatic hydroxyl groups is 2. The number of likely N-dealkylation sites (N-methyl/N-ethyl adjacent to an activating group) is 1. The summed E-state index contributed by atoms with van der Waals surface area (Å²) in [5.74, 6) is -1.83. The first-order valence-corrected chi connectivity index (χ1v) is 21.1. The van der Waals surface area contributed by atoms with Crippen LogP contribution in [0.15, 0.2) is 0 Å². The van der Waals surface area contributed by atoms with E-state index in [2.05, 4.69) is 10.1 Å². The van der Waals surface area contributed by atoms with Gasteiger partial charge in [0.2, 0.25) is 31.9 Å². The summed E-state index contributed by atoms with van der Waals surface area (Å²) in [7, 11) is -6.11. The minimum Gasteiger partial charge on any atom is -0.393 e. The molecule has 3 aliphatic carbocycles. The third-order valence-electron chi connectivity index (χ3n) is 10.3. The minimum absolute atomic E-state index is 0.0185. The van der Waals surface area contributed by atoms with Gasteiger partial charge in [0.05, 0.1) is 29.3 Å². The van der Waals surface area contributed by atoms with Gasteiger partial charge in [-0.25, -0.2) is 27.0 Å². The van der Waals surface area contributed by atoms with Crippen molar-refractivity contribution in [2.45, 2.75) is 134 Å². The number of sulfonamides is 2. The lowest BCUT2D eigenvalue weighted by molar-refractivity contribution is -0.138. The van der Waals surface area contributed by atoms with Crippen LogP contribution < -0.4 is 15.3 Å². The van der Waals surface area contributed by atoms with Crippen LogP contribution in [0.1, 0.15) is 110 Å². The molecule has 2 amide bonds. The number of primary sulfonamides is 1.